The van der Waals surface area contributed by atoms with Gasteiger partial charge in [-0.2, -0.15) is 0 Å². The molecule has 8 rings (SSSR count). The zero-order valence-electron chi connectivity index (χ0n) is 31.0. The van der Waals surface area contributed by atoms with Gasteiger partial charge < -0.3 is 47.7 Å². The predicted molar refractivity (Wildman–Crippen MR) is 173 cm³/mol. The Morgan fingerprint density at radius 3 is 2.15 bits per heavy atom. The van der Waals surface area contributed by atoms with Crippen LogP contribution < -0.4 is 0 Å². The third kappa shape index (κ3) is 5.09. The topological polar surface area (TPSA) is 189 Å². The molecule has 4 heterocycles. The highest BCUT2D eigenvalue weighted by Gasteiger charge is 2.90. The van der Waals surface area contributed by atoms with E-state index in [0.29, 0.717) is 31.3 Å². The lowest BCUT2D eigenvalue weighted by molar-refractivity contribution is -0.544. The monoisotopic (exact) mass is 734 g/mol. The van der Waals surface area contributed by atoms with E-state index in [2.05, 4.69) is 20.4 Å². The quantitative estimate of drug-likeness (QED) is 0.174. The lowest BCUT2D eigenvalue weighted by Crippen LogP contribution is -2.89. The van der Waals surface area contributed by atoms with Crippen molar-refractivity contribution in [3.63, 3.8) is 0 Å². The number of rotatable bonds is 7. The number of ketones is 1. The molecule has 0 amide bonds. The number of fused-ring (bicyclic) bond motifs is 1. The SMILES string of the molecule is C=C1C(=O)[C@@]23[C@@H]4OC(C)(C)O[C@]25OC[C@@]2([C@H]([C@@H]5O[C@@H]5O[C@H](COC(C)=O)[C@H](OC(C)=O)[C@H](OC(C)=O)[C@H]5OC(C)=O)C(C)(C)CC[C@@H]2O)[C@@H]3CC[C@@H]14. The van der Waals surface area contributed by atoms with Gasteiger partial charge in [-0.3, -0.25) is 24.0 Å². The van der Waals surface area contributed by atoms with Crippen LogP contribution in [0.2, 0.25) is 0 Å². The van der Waals surface area contributed by atoms with Crippen molar-refractivity contribution >= 4 is 29.7 Å². The van der Waals surface area contributed by atoms with Gasteiger partial charge in [-0.1, -0.05) is 20.4 Å². The Morgan fingerprint density at radius 1 is 0.885 bits per heavy atom. The van der Waals surface area contributed by atoms with Crippen LogP contribution in [-0.2, 0) is 66.6 Å². The number of Topliss-reactive ketones (excluding diaryl/α,β-unsaturated/α-hetero) is 1. The Balaban J connectivity index is 1.43. The highest BCUT2D eigenvalue weighted by atomic mass is 16.8. The van der Waals surface area contributed by atoms with Crippen molar-refractivity contribution in [2.24, 2.45) is 34.0 Å². The van der Waals surface area contributed by atoms with Crippen LogP contribution >= 0.6 is 0 Å². The van der Waals surface area contributed by atoms with E-state index in [4.69, 9.17) is 42.6 Å². The van der Waals surface area contributed by atoms with Gasteiger partial charge in [-0.05, 0) is 56.4 Å². The van der Waals surface area contributed by atoms with Crippen LogP contribution in [0.25, 0.3) is 0 Å². The van der Waals surface area contributed by atoms with E-state index in [0.717, 1.165) is 20.8 Å². The smallest absolute Gasteiger partial charge is 0.303 e. The second-order valence-corrected chi connectivity index (χ2v) is 16.7. The first-order valence-corrected chi connectivity index (χ1v) is 18.1. The number of aliphatic hydroxyl groups excluding tert-OH is 1. The standard InChI is InChI=1S/C37H50O15/c1-16-21-10-11-23-35-15-45-37(36(23,29(16)43)30(21)51-34(8,9)52-37)31(28(35)33(6,7)13-12-24(35)42)50-32-27(48-20(5)41)26(47-19(4)40)25(46-18(3)39)22(49-32)14-44-17(2)38/h21-28,30-32,42H,1,10-15H2,2-9H3/t21-,22+,23-,24-,25-,26-,27+,28+,30+,31-,32-,35+,36-,37-/m0/s1. The van der Waals surface area contributed by atoms with E-state index < -0.39 is 119 Å². The van der Waals surface area contributed by atoms with Gasteiger partial charge in [0.15, 0.2) is 36.2 Å². The fourth-order valence-electron chi connectivity index (χ4n) is 11.4. The molecule has 0 radical (unpaired) electrons. The third-order valence-electron chi connectivity index (χ3n) is 12.8. The number of aliphatic hydroxyl groups is 1. The van der Waals surface area contributed by atoms with Gasteiger partial charge in [0.05, 0.1) is 18.8 Å². The van der Waals surface area contributed by atoms with Crippen LogP contribution in [-0.4, -0.2) is 109 Å². The number of hydrogen-bond acceptors (Lipinski definition) is 15. The molecule has 8 fully saturated rings. The molecule has 288 valence electrons. The molecule has 4 bridgehead atoms. The summed E-state index contributed by atoms with van der Waals surface area (Å²) in [6.07, 6.45) is -7.76. The number of esters is 4. The Labute approximate surface area is 302 Å². The summed E-state index contributed by atoms with van der Waals surface area (Å²) in [5.41, 5.74) is -2.59. The first kappa shape index (κ1) is 37.4. The van der Waals surface area contributed by atoms with Crippen molar-refractivity contribution in [3.8, 4) is 0 Å². The maximum absolute atomic E-state index is 14.9. The van der Waals surface area contributed by atoms with Gasteiger partial charge in [0, 0.05) is 44.9 Å². The van der Waals surface area contributed by atoms with Gasteiger partial charge in [-0.15, -0.1) is 0 Å². The van der Waals surface area contributed by atoms with E-state index in [1.54, 1.807) is 13.8 Å². The molecule has 15 nitrogen and oxygen atoms in total. The molecule has 0 aromatic heterocycles. The molecule has 4 saturated heterocycles. The Bertz CT molecular complexity index is 1570. The molecule has 15 heteroatoms. The number of carbonyl (C=O) groups is 5. The molecule has 4 aliphatic carbocycles. The highest BCUT2D eigenvalue weighted by molar-refractivity contribution is 6.05. The van der Waals surface area contributed by atoms with Crippen molar-refractivity contribution in [2.45, 2.75) is 142 Å². The maximum atomic E-state index is 14.9. The van der Waals surface area contributed by atoms with E-state index >= 15 is 0 Å². The van der Waals surface area contributed by atoms with Crippen molar-refractivity contribution in [2.75, 3.05) is 13.2 Å². The number of carbonyl (C=O) groups excluding carboxylic acids is 5. The summed E-state index contributed by atoms with van der Waals surface area (Å²) in [6.45, 7) is 16.2. The second kappa shape index (κ2) is 12.3. The number of hydrogen-bond donors (Lipinski definition) is 1. The minimum Gasteiger partial charge on any atom is -0.463 e. The summed E-state index contributed by atoms with van der Waals surface area (Å²) in [7, 11) is 0. The van der Waals surface area contributed by atoms with Crippen molar-refractivity contribution in [3.05, 3.63) is 12.2 Å². The Kier molecular flexibility index (Phi) is 8.83. The third-order valence-corrected chi connectivity index (χ3v) is 12.8. The lowest BCUT2D eigenvalue weighted by Gasteiger charge is -2.78. The van der Waals surface area contributed by atoms with Crippen LogP contribution in [0.3, 0.4) is 0 Å². The Hall–Kier alpha value is -2.95. The summed E-state index contributed by atoms with van der Waals surface area (Å²) in [4.78, 5) is 64.6. The van der Waals surface area contributed by atoms with Crippen LogP contribution in [0.1, 0.15) is 81.1 Å². The summed E-state index contributed by atoms with van der Waals surface area (Å²) in [5.74, 6) is -7.61. The Morgan fingerprint density at radius 2 is 1.52 bits per heavy atom. The first-order valence-electron chi connectivity index (χ1n) is 18.1. The summed E-state index contributed by atoms with van der Waals surface area (Å²) >= 11 is 0. The molecule has 0 aromatic carbocycles. The zero-order chi connectivity index (χ0) is 37.9. The van der Waals surface area contributed by atoms with Gasteiger partial charge in [0.2, 0.25) is 5.79 Å². The van der Waals surface area contributed by atoms with Gasteiger partial charge in [0.1, 0.15) is 24.2 Å². The van der Waals surface area contributed by atoms with Crippen LogP contribution in [0.15, 0.2) is 12.2 Å². The maximum Gasteiger partial charge on any atom is 0.303 e. The van der Waals surface area contributed by atoms with Crippen LogP contribution in [0.5, 0.6) is 0 Å². The van der Waals surface area contributed by atoms with Crippen molar-refractivity contribution < 1.29 is 71.7 Å². The summed E-state index contributed by atoms with van der Waals surface area (Å²) < 4.78 is 56.4. The summed E-state index contributed by atoms with van der Waals surface area (Å²) in [6, 6.07) is 0. The average Bonchev–Trinajstić information content (AvgIpc) is 3.14. The molecular weight excluding hydrogens is 684 g/mol. The van der Waals surface area contributed by atoms with Crippen LogP contribution in [0.4, 0.5) is 0 Å². The normalized spacial score (nSPS) is 46.4. The minimum atomic E-state index is -1.81. The second-order valence-electron chi connectivity index (χ2n) is 16.7. The van der Waals surface area contributed by atoms with E-state index in [1.807, 2.05) is 0 Å². The van der Waals surface area contributed by atoms with Gasteiger partial charge >= 0.3 is 23.9 Å². The van der Waals surface area contributed by atoms with E-state index in [1.165, 1.54) is 6.92 Å². The van der Waals surface area contributed by atoms with E-state index in [-0.39, 0.29) is 18.3 Å². The molecule has 0 unspecified atom stereocenters. The van der Waals surface area contributed by atoms with Gasteiger partial charge in [0.25, 0.3) is 0 Å². The van der Waals surface area contributed by atoms with Gasteiger partial charge in [-0.25, -0.2) is 0 Å². The minimum absolute atomic E-state index is 0.0837. The molecule has 14 atom stereocenters. The molecule has 4 aliphatic heterocycles. The first-order chi connectivity index (χ1) is 24.2. The largest absolute Gasteiger partial charge is 0.463 e. The summed E-state index contributed by atoms with van der Waals surface area (Å²) in [5, 5.41) is 12.2. The molecule has 1 N–H and O–H groups in total. The molecular formula is C37H50O15. The molecule has 0 aromatic rings. The zero-order valence-corrected chi connectivity index (χ0v) is 31.0. The molecule has 4 saturated carbocycles. The molecule has 8 aliphatic rings. The fraction of sp³-hybridized carbons (Fsp3) is 0.811. The van der Waals surface area contributed by atoms with E-state index in [9.17, 15) is 29.1 Å². The predicted octanol–water partition coefficient (Wildman–Crippen LogP) is 2.28. The molecule has 3 spiro atoms. The molecule has 52 heavy (non-hydrogen) atoms. The van der Waals surface area contributed by atoms with Crippen LogP contribution in [0, 0.1) is 34.0 Å². The lowest BCUT2D eigenvalue weighted by atomic mass is 9.35. The fourth-order valence-corrected chi connectivity index (χ4v) is 11.4. The average molecular weight is 735 g/mol. The van der Waals surface area contributed by atoms with Crippen molar-refractivity contribution in [1.82, 2.24) is 0 Å². The van der Waals surface area contributed by atoms with Crippen molar-refractivity contribution in [1.29, 1.82) is 0 Å². The highest BCUT2D eigenvalue weighted by Crippen LogP contribution is 2.79. The number of ether oxygens (including phenoxy) is 9.